The molecule has 0 aromatic heterocycles. The van der Waals surface area contributed by atoms with Gasteiger partial charge < -0.3 is 4.90 Å². The lowest BCUT2D eigenvalue weighted by molar-refractivity contribution is -0.132. The zero-order valence-electron chi connectivity index (χ0n) is 17.4. The van der Waals surface area contributed by atoms with Gasteiger partial charge in [-0.2, -0.15) is 4.31 Å². The van der Waals surface area contributed by atoms with Crippen LogP contribution < -0.4 is 0 Å². The summed E-state index contributed by atoms with van der Waals surface area (Å²) in [6.07, 6.45) is 6.16. The number of amides is 1. The SMILES string of the molecule is CCCc1ccc(S(=O)(=O)N2CCCN([C@H]3CCN(CC4CC4)C3=O)CC2)cc1. The van der Waals surface area contributed by atoms with Crippen LogP contribution in [0.1, 0.15) is 44.6 Å². The Kier molecular flexibility index (Phi) is 6.27. The van der Waals surface area contributed by atoms with Crippen LogP contribution in [0.4, 0.5) is 0 Å². The van der Waals surface area contributed by atoms with Crippen molar-refractivity contribution in [1.82, 2.24) is 14.1 Å². The van der Waals surface area contributed by atoms with Crippen molar-refractivity contribution in [2.75, 3.05) is 39.3 Å². The summed E-state index contributed by atoms with van der Waals surface area (Å²) >= 11 is 0. The third-order valence-electron chi connectivity index (χ3n) is 6.47. The van der Waals surface area contributed by atoms with Gasteiger partial charge in [-0.25, -0.2) is 8.42 Å². The van der Waals surface area contributed by atoms with E-state index in [2.05, 4.69) is 11.8 Å². The van der Waals surface area contributed by atoms with Crippen molar-refractivity contribution < 1.29 is 13.2 Å². The molecule has 1 atom stereocenters. The predicted octanol–water partition coefficient (Wildman–Crippen LogP) is 2.35. The number of likely N-dealkylation sites (tertiary alicyclic amines) is 1. The zero-order chi connectivity index (χ0) is 20.4. The first-order chi connectivity index (χ1) is 14.0. The molecule has 3 aliphatic rings. The molecular formula is C22H33N3O3S. The molecule has 1 aromatic carbocycles. The molecular weight excluding hydrogens is 386 g/mol. The molecule has 0 bridgehead atoms. The second kappa shape index (κ2) is 8.74. The second-order valence-electron chi connectivity index (χ2n) is 8.72. The smallest absolute Gasteiger partial charge is 0.243 e. The maximum atomic E-state index is 13.1. The summed E-state index contributed by atoms with van der Waals surface area (Å²) in [6.45, 7) is 6.26. The Morgan fingerprint density at radius 1 is 0.966 bits per heavy atom. The number of nitrogens with zero attached hydrogens (tertiary/aromatic N) is 3. The normalized spacial score (nSPS) is 24.8. The molecule has 0 radical (unpaired) electrons. The van der Waals surface area contributed by atoms with Gasteiger partial charge in [-0.05, 0) is 55.7 Å². The van der Waals surface area contributed by atoms with Crippen molar-refractivity contribution in [3.63, 3.8) is 0 Å². The Balaban J connectivity index is 1.38. The van der Waals surface area contributed by atoms with Gasteiger partial charge in [-0.1, -0.05) is 25.5 Å². The molecule has 0 spiro atoms. The number of hydrogen-bond donors (Lipinski definition) is 0. The molecule has 2 saturated heterocycles. The number of hydrogen-bond acceptors (Lipinski definition) is 4. The molecule has 1 saturated carbocycles. The third-order valence-corrected chi connectivity index (χ3v) is 8.39. The van der Waals surface area contributed by atoms with Gasteiger partial charge >= 0.3 is 0 Å². The lowest BCUT2D eigenvalue weighted by Gasteiger charge is -2.26. The molecule has 2 heterocycles. The Morgan fingerprint density at radius 2 is 1.72 bits per heavy atom. The highest BCUT2D eigenvalue weighted by Gasteiger charge is 2.39. The molecule has 1 aliphatic carbocycles. The average Bonchev–Trinajstić information content (AvgIpc) is 3.49. The van der Waals surface area contributed by atoms with Crippen molar-refractivity contribution in [3.05, 3.63) is 29.8 Å². The first kappa shape index (κ1) is 20.8. The number of carbonyl (C=O) groups is 1. The molecule has 160 valence electrons. The van der Waals surface area contributed by atoms with Crippen molar-refractivity contribution in [1.29, 1.82) is 0 Å². The fraction of sp³-hybridized carbons (Fsp3) is 0.682. The molecule has 1 aromatic rings. The number of sulfonamides is 1. The van der Waals surface area contributed by atoms with Gasteiger partial charge in [0.05, 0.1) is 10.9 Å². The van der Waals surface area contributed by atoms with E-state index in [1.54, 1.807) is 16.4 Å². The van der Waals surface area contributed by atoms with Crippen LogP contribution in [0.2, 0.25) is 0 Å². The molecule has 1 amide bonds. The minimum Gasteiger partial charge on any atom is -0.341 e. The third kappa shape index (κ3) is 4.67. The van der Waals surface area contributed by atoms with Crippen LogP contribution in [0.5, 0.6) is 0 Å². The average molecular weight is 420 g/mol. The van der Waals surface area contributed by atoms with E-state index in [-0.39, 0.29) is 11.9 Å². The second-order valence-corrected chi connectivity index (χ2v) is 10.7. The minimum atomic E-state index is -3.48. The molecule has 6 nitrogen and oxygen atoms in total. The molecule has 3 fully saturated rings. The maximum Gasteiger partial charge on any atom is 0.243 e. The Bertz CT molecular complexity index is 820. The van der Waals surface area contributed by atoms with E-state index < -0.39 is 10.0 Å². The molecule has 2 aliphatic heterocycles. The fourth-order valence-electron chi connectivity index (χ4n) is 4.59. The number of rotatable bonds is 7. The van der Waals surface area contributed by atoms with E-state index in [1.807, 2.05) is 17.0 Å². The summed E-state index contributed by atoms with van der Waals surface area (Å²) in [5.74, 6) is 0.964. The standard InChI is InChI=1S/C22H33N3O3S/c1-2-4-18-7-9-20(10-8-18)29(27,28)25-13-3-12-23(15-16-25)21-11-14-24(22(21)26)17-19-5-6-19/h7-10,19,21H,2-6,11-17H2,1H3/t21-/m0/s1. The van der Waals surface area contributed by atoms with Gasteiger partial charge in [-0.3, -0.25) is 9.69 Å². The van der Waals surface area contributed by atoms with Crippen LogP contribution in [0.15, 0.2) is 29.2 Å². The summed E-state index contributed by atoms with van der Waals surface area (Å²) < 4.78 is 27.8. The largest absolute Gasteiger partial charge is 0.341 e. The highest BCUT2D eigenvalue weighted by Crippen LogP contribution is 2.32. The predicted molar refractivity (Wildman–Crippen MR) is 113 cm³/mol. The van der Waals surface area contributed by atoms with Crippen LogP contribution in [0.3, 0.4) is 0 Å². The molecule has 0 N–H and O–H groups in total. The lowest BCUT2D eigenvalue weighted by Crippen LogP contribution is -2.44. The van der Waals surface area contributed by atoms with E-state index in [4.69, 9.17) is 0 Å². The van der Waals surface area contributed by atoms with Crippen LogP contribution >= 0.6 is 0 Å². The Labute approximate surface area is 174 Å². The zero-order valence-corrected chi connectivity index (χ0v) is 18.2. The van der Waals surface area contributed by atoms with Gasteiger partial charge in [0.15, 0.2) is 0 Å². The van der Waals surface area contributed by atoms with E-state index >= 15 is 0 Å². The van der Waals surface area contributed by atoms with Crippen molar-refractivity contribution >= 4 is 15.9 Å². The van der Waals surface area contributed by atoms with Gasteiger partial charge in [0.2, 0.25) is 15.9 Å². The van der Waals surface area contributed by atoms with Crippen molar-refractivity contribution in [3.8, 4) is 0 Å². The summed E-state index contributed by atoms with van der Waals surface area (Å²) in [5.41, 5.74) is 1.17. The molecule has 7 heteroatoms. The molecule has 0 unspecified atom stereocenters. The molecule has 4 rings (SSSR count). The summed E-state index contributed by atoms with van der Waals surface area (Å²) in [5, 5.41) is 0. The lowest BCUT2D eigenvalue weighted by atomic mass is 10.1. The van der Waals surface area contributed by atoms with Crippen LogP contribution in [0, 0.1) is 5.92 Å². The quantitative estimate of drug-likeness (QED) is 0.681. The van der Waals surface area contributed by atoms with Crippen LogP contribution in [0.25, 0.3) is 0 Å². The minimum absolute atomic E-state index is 0.0651. The van der Waals surface area contributed by atoms with Crippen molar-refractivity contribution in [2.45, 2.75) is 56.4 Å². The topological polar surface area (TPSA) is 60.9 Å². The summed E-state index contributed by atoms with van der Waals surface area (Å²) in [7, 11) is -3.48. The van der Waals surface area contributed by atoms with E-state index in [0.717, 1.165) is 45.3 Å². The van der Waals surface area contributed by atoms with E-state index in [0.29, 0.717) is 30.4 Å². The Morgan fingerprint density at radius 3 is 2.41 bits per heavy atom. The van der Waals surface area contributed by atoms with Crippen LogP contribution in [-0.2, 0) is 21.2 Å². The van der Waals surface area contributed by atoms with E-state index in [9.17, 15) is 13.2 Å². The van der Waals surface area contributed by atoms with Crippen LogP contribution in [-0.4, -0.2) is 73.7 Å². The first-order valence-corrected chi connectivity index (χ1v) is 12.5. The summed E-state index contributed by atoms with van der Waals surface area (Å²) in [4.78, 5) is 17.4. The van der Waals surface area contributed by atoms with Gasteiger partial charge in [0, 0.05) is 39.3 Å². The van der Waals surface area contributed by atoms with Gasteiger partial charge in [-0.15, -0.1) is 0 Å². The van der Waals surface area contributed by atoms with Gasteiger partial charge in [0.1, 0.15) is 0 Å². The first-order valence-electron chi connectivity index (χ1n) is 11.1. The highest BCUT2D eigenvalue weighted by atomic mass is 32.2. The van der Waals surface area contributed by atoms with Crippen molar-refractivity contribution in [2.24, 2.45) is 5.92 Å². The highest BCUT2D eigenvalue weighted by molar-refractivity contribution is 7.89. The van der Waals surface area contributed by atoms with E-state index in [1.165, 1.54) is 18.4 Å². The molecule has 29 heavy (non-hydrogen) atoms. The monoisotopic (exact) mass is 419 g/mol. The summed E-state index contributed by atoms with van der Waals surface area (Å²) in [6, 6.07) is 7.25. The Hall–Kier alpha value is -1.44. The number of aryl methyl sites for hydroxylation is 1. The van der Waals surface area contributed by atoms with Gasteiger partial charge in [0.25, 0.3) is 0 Å². The maximum absolute atomic E-state index is 13.1. The number of carbonyl (C=O) groups excluding carboxylic acids is 1. The number of benzene rings is 1. The fourth-order valence-corrected chi connectivity index (χ4v) is 6.06.